The Morgan fingerprint density at radius 1 is 0.321 bits per heavy atom. The van der Waals surface area contributed by atoms with E-state index in [-0.39, 0.29) is 24.8 Å². The first-order chi connectivity index (χ1) is 12.9. The second-order valence-electron chi connectivity index (χ2n) is 8.16. The average molecular weight is 442 g/mol. The average Bonchev–Trinajstić information content (AvgIpc) is 2.66. The molecule has 0 fully saturated rings. The summed E-state index contributed by atoms with van der Waals surface area (Å²) in [6.45, 7) is 9.44. The van der Waals surface area contributed by atoms with Crippen LogP contribution in [0.5, 0.6) is 0 Å². The zero-order valence-electron chi connectivity index (χ0n) is 19.4. The Bertz CT molecular complexity index is 217. The summed E-state index contributed by atoms with van der Waals surface area (Å²) >= 11 is 0. The van der Waals surface area contributed by atoms with Crippen LogP contribution < -0.4 is 10.6 Å². The third-order valence-electron chi connectivity index (χ3n) is 5.37. The summed E-state index contributed by atoms with van der Waals surface area (Å²) in [6, 6.07) is 0. The van der Waals surface area contributed by atoms with Crippen molar-refractivity contribution < 1.29 is 0 Å². The normalized spacial score (nSPS) is 10.5. The van der Waals surface area contributed by atoms with Gasteiger partial charge in [0.2, 0.25) is 0 Å². The fourth-order valence-electron chi connectivity index (χ4n) is 3.52. The molecule has 0 aromatic heterocycles. The van der Waals surface area contributed by atoms with Gasteiger partial charge in [-0.05, 0) is 51.9 Å². The van der Waals surface area contributed by atoms with Gasteiger partial charge in [-0.2, -0.15) is 0 Å². The molecule has 2 N–H and O–H groups in total. The molecule has 0 saturated carbocycles. The van der Waals surface area contributed by atoms with Crippen LogP contribution in [-0.4, -0.2) is 26.2 Å². The number of hydrogen-bond donors (Lipinski definition) is 2. The molecule has 0 bridgehead atoms. The van der Waals surface area contributed by atoms with Crippen LogP contribution in [0.25, 0.3) is 0 Å². The lowest BCUT2D eigenvalue weighted by Crippen LogP contribution is -2.20. The summed E-state index contributed by atoms with van der Waals surface area (Å²) in [6.07, 6.45) is 25.3. The highest BCUT2D eigenvalue weighted by Gasteiger charge is 1.94. The molecule has 0 heterocycles. The predicted octanol–water partition coefficient (Wildman–Crippen LogP) is 8.07. The molecule has 0 spiro atoms. The smallest absolute Gasteiger partial charge is 0.00484 e. The Labute approximate surface area is 191 Å². The fraction of sp³-hybridized carbons (Fsp3) is 1.00. The highest BCUT2D eigenvalue weighted by molar-refractivity contribution is 5.85. The van der Waals surface area contributed by atoms with Crippen molar-refractivity contribution >= 4 is 24.8 Å². The van der Waals surface area contributed by atoms with Crippen molar-refractivity contribution in [2.75, 3.05) is 26.2 Å². The molecule has 0 unspecified atom stereocenters. The summed E-state index contributed by atoms with van der Waals surface area (Å²) in [5, 5.41) is 7.22. The number of unbranched alkanes of at least 4 members (excludes halogenated alkanes) is 15. The quantitative estimate of drug-likeness (QED) is 0.157. The predicted molar refractivity (Wildman–Crippen MR) is 135 cm³/mol. The minimum atomic E-state index is 0. The fourth-order valence-corrected chi connectivity index (χ4v) is 3.52. The second-order valence-corrected chi connectivity index (χ2v) is 8.16. The largest absolute Gasteiger partial charge is 0.317 e. The van der Waals surface area contributed by atoms with Gasteiger partial charge in [0.25, 0.3) is 0 Å². The van der Waals surface area contributed by atoms with E-state index in [4.69, 9.17) is 0 Å². The van der Waals surface area contributed by atoms with Crippen molar-refractivity contribution in [3.05, 3.63) is 0 Å². The van der Waals surface area contributed by atoms with Crippen molar-refractivity contribution in [2.24, 2.45) is 0 Å². The maximum absolute atomic E-state index is 3.61. The molecule has 0 radical (unpaired) electrons. The monoisotopic (exact) mass is 440 g/mol. The maximum atomic E-state index is 3.61. The van der Waals surface area contributed by atoms with Gasteiger partial charge in [0.15, 0.2) is 0 Å². The van der Waals surface area contributed by atoms with Gasteiger partial charge >= 0.3 is 0 Å². The molecule has 0 aliphatic rings. The molecule has 0 amide bonds. The lowest BCUT2D eigenvalue weighted by Gasteiger charge is -2.07. The van der Waals surface area contributed by atoms with Crippen molar-refractivity contribution in [2.45, 2.75) is 129 Å². The number of nitrogens with one attached hydrogen (secondary N) is 2. The first-order valence-corrected chi connectivity index (χ1v) is 12.3. The summed E-state index contributed by atoms with van der Waals surface area (Å²) < 4.78 is 0. The zero-order chi connectivity index (χ0) is 19.0. The Hall–Kier alpha value is 0.500. The summed E-state index contributed by atoms with van der Waals surface area (Å²) in [5.74, 6) is 0. The molecular formula is C24H54Cl2N2. The molecule has 0 saturated heterocycles. The first kappa shape index (κ1) is 33.1. The minimum absolute atomic E-state index is 0. The van der Waals surface area contributed by atoms with E-state index >= 15 is 0 Å². The lowest BCUT2D eigenvalue weighted by molar-refractivity contribution is 0.529. The van der Waals surface area contributed by atoms with Crippen LogP contribution >= 0.6 is 24.8 Å². The van der Waals surface area contributed by atoms with Crippen LogP contribution in [0.4, 0.5) is 0 Å². The van der Waals surface area contributed by atoms with Crippen LogP contribution in [0.2, 0.25) is 0 Å². The van der Waals surface area contributed by atoms with Crippen LogP contribution in [0.1, 0.15) is 129 Å². The van der Waals surface area contributed by atoms with Crippen molar-refractivity contribution in [1.82, 2.24) is 10.6 Å². The van der Waals surface area contributed by atoms with Gasteiger partial charge in [0, 0.05) is 0 Å². The molecule has 28 heavy (non-hydrogen) atoms. The van der Waals surface area contributed by atoms with Crippen LogP contribution in [0.3, 0.4) is 0 Å². The van der Waals surface area contributed by atoms with Crippen molar-refractivity contribution in [3.63, 3.8) is 0 Å². The minimum Gasteiger partial charge on any atom is -0.317 e. The molecule has 0 aromatic carbocycles. The Morgan fingerprint density at radius 3 is 0.821 bits per heavy atom. The van der Waals surface area contributed by atoms with E-state index in [1.807, 2.05) is 0 Å². The van der Waals surface area contributed by atoms with Gasteiger partial charge < -0.3 is 10.6 Å². The third-order valence-corrected chi connectivity index (χ3v) is 5.37. The first-order valence-electron chi connectivity index (χ1n) is 12.3. The summed E-state index contributed by atoms with van der Waals surface area (Å²) in [5.41, 5.74) is 0. The number of rotatable bonds is 23. The molecule has 174 valence electrons. The summed E-state index contributed by atoms with van der Waals surface area (Å²) in [7, 11) is 0. The highest BCUT2D eigenvalue weighted by atomic mass is 35.5. The lowest BCUT2D eigenvalue weighted by atomic mass is 10.1. The Balaban J connectivity index is -0.00000312. The SMILES string of the molecule is CCCCCCCCCCNCCCCNCCCCCCCCCC.Cl.Cl. The van der Waals surface area contributed by atoms with E-state index in [1.165, 1.54) is 142 Å². The second kappa shape index (κ2) is 32.2. The number of hydrogen-bond acceptors (Lipinski definition) is 2. The van der Waals surface area contributed by atoms with E-state index in [0.717, 1.165) is 0 Å². The van der Waals surface area contributed by atoms with Gasteiger partial charge in [-0.25, -0.2) is 0 Å². The molecule has 0 aromatic rings. The number of halogens is 2. The van der Waals surface area contributed by atoms with Gasteiger partial charge in [0.05, 0.1) is 0 Å². The van der Waals surface area contributed by atoms with Crippen LogP contribution in [0.15, 0.2) is 0 Å². The zero-order valence-corrected chi connectivity index (χ0v) is 21.0. The van der Waals surface area contributed by atoms with Crippen molar-refractivity contribution in [3.8, 4) is 0 Å². The Kier molecular flexibility index (Phi) is 38.1. The molecule has 4 heteroatoms. The van der Waals surface area contributed by atoms with Crippen LogP contribution in [0, 0.1) is 0 Å². The van der Waals surface area contributed by atoms with E-state index in [1.54, 1.807) is 0 Å². The van der Waals surface area contributed by atoms with Gasteiger partial charge in [-0.1, -0.05) is 104 Å². The van der Waals surface area contributed by atoms with Gasteiger partial charge in [-0.15, -0.1) is 24.8 Å². The molecule has 2 nitrogen and oxygen atoms in total. The Morgan fingerprint density at radius 2 is 0.536 bits per heavy atom. The topological polar surface area (TPSA) is 24.1 Å². The maximum Gasteiger partial charge on any atom is -0.00484 e. The molecule has 0 rings (SSSR count). The third kappa shape index (κ3) is 31.2. The summed E-state index contributed by atoms with van der Waals surface area (Å²) in [4.78, 5) is 0. The van der Waals surface area contributed by atoms with E-state index < -0.39 is 0 Å². The van der Waals surface area contributed by atoms with Gasteiger partial charge in [0.1, 0.15) is 0 Å². The van der Waals surface area contributed by atoms with E-state index in [2.05, 4.69) is 24.5 Å². The molecule has 0 atom stereocenters. The standard InChI is InChI=1S/C24H52N2.2ClH/c1-3-5-7-9-11-13-15-17-21-25-23-19-20-24-26-22-18-16-14-12-10-8-6-4-2;;/h25-26H,3-24H2,1-2H3;2*1H. The molecular weight excluding hydrogens is 387 g/mol. The van der Waals surface area contributed by atoms with E-state index in [9.17, 15) is 0 Å². The van der Waals surface area contributed by atoms with Crippen LogP contribution in [-0.2, 0) is 0 Å². The highest BCUT2D eigenvalue weighted by Crippen LogP contribution is 2.08. The van der Waals surface area contributed by atoms with Crippen molar-refractivity contribution in [1.29, 1.82) is 0 Å². The molecule has 0 aliphatic carbocycles. The van der Waals surface area contributed by atoms with E-state index in [0.29, 0.717) is 0 Å². The van der Waals surface area contributed by atoms with Gasteiger partial charge in [-0.3, -0.25) is 0 Å². The molecule has 0 aliphatic heterocycles.